The van der Waals surface area contributed by atoms with E-state index in [0.717, 1.165) is 12.0 Å². The van der Waals surface area contributed by atoms with Gasteiger partial charge in [0.15, 0.2) is 18.2 Å². The Kier molecular flexibility index (Phi) is 17.9. The van der Waals surface area contributed by atoms with E-state index >= 15 is 0 Å². The molecule has 0 radical (unpaired) electrons. The SMILES string of the molecule is CC[C@@H]1OC(=O)[C@H](C)[C@@H](O[C@H]2C[C@@](C)(OC)[C@@H](O)[C@H](C)O2)[C@H](C)[C@H](O[C@@H]2O[C@H](C)C[C@H](N(C)C)[C@H]2O)[C@@](C)(OC)C[C@@H](C)C(=O)NC(C)[C@H]2N(NCCCc3ccncc3)C(=O)O[C@]12C. The van der Waals surface area contributed by atoms with Crippen molar-refractivity contribution >= 4 is 18.0 Å². The number of fused-ring (bicyclic) bond motifs is 1. The molecule has 65 heavy (non-hydrogen) atoms. The van der Waals surface area contributed by atoms with E-state index in [9.17, 15) is 24.6 Å². The van der Waals surface area contributed by atoms with Crippen LogP contribution in [-0.2, 0) is 53.9 Å². The van der Waals surface area contributed by atoms with Gasteiger partial charge in [0.1, 0.15) is 24.4 Å². The zero-order chi connectivity index (χ0) is 48.2. The average Bonchev–Trinajstić information content (AvgIpc) is 3.53. The largest absolute Gasteiger partial charge is 0.458 e. The van der Waals surface area contributed by atoms with E-state index in [-0.39, 0.29) is 37.3 Å². The van der Waals surface area contributed by atoms with Crippen molar-refractivity contribution < 1.29 is 62.5 Å². The van der Waals surface area contributed by atoms with Gasteiger partial charge in [-0.15, -0.1) is 0 Å². The van der Waals surface area contributed by atoms with Crippen LogP contribution in [0.5, 0.6) is 0 Å². The van der Waals surface area contributed by atoms with Gasteiger partial charge < -0.3 is 58.3 Å². The number of aryl methyl sites for hydroxylation is 1. The molecule has 370 valence electrons. The van der Waals surface area contributed by atoms with Gasteiger partial charge in [-0.2, -0.15) is 0 Å². The van der Waals surface area contributed by atoms with Crippen molar-refractivity contribution in [3.63, 3.8) is 0 Å². The Morgan fingerprint density at radius 1 is 0.954 bits per heavy atom. The molecule has 2 amide bonds. The first kappa shape index (κ1) is 52.9. The fourth-order valence-electron chi connectivity index (χ4n) is 10.6. The Morgan fingerprint density at radius 3 is 2.23 bits per heavy atom. The molecule has 0 aromatic carbocycles. The van der Waals surface area contributed by atoms with Crippen LogP contribution in [0.25, 0.3) is 0 Å². The number of carbonyl (C=O) groups is 3. The number of cyclic esters (lactones) is 1. The lowest BCUT2D eigenvalue weighted by Gasteiger charge is -2.49. The van der Waals surface area contributed by atoms with Gasteiger partial charge >= 0.3 is 12.1 Å². The Morgan fingerprint density at radius 2 is 1.62 bits per heavy atom. The van der Waals surface area contributed by atoms with Crippen molar-refractivity contribution in [2.75, 3.05) is 34.9 Å². The molecule has 1 aromatic heterocycles. The number of nitrogens with zero attached hydrogens (tertiary/aromatic N) is 3. The number of esters is 1. The number of hydrazine groups is 1. The zero-order valence-corrected chi connectivity index (χ0v) is 41.1. The summed E-state index contributed by atoms with van der Waals surface area (Å²) in [6.07, 6.45) is -2.79. The number of aliphatic hydroxyl groups is 2. The summed E-state index contributed by atoms with van der Waals surface area (Å²) >= 11 is 0. The average molecular weight is 922 g/mol. The predicted molar refractivity (Wildman–Crippen MR) is 239 cm³/mol. The fraction of sp³-hybridized carbons (Fsp3) is 0.830. The number of amides is 2. The molecule has 4 fully saturated rings. The van der Waals surface area contributed by atoms with Crippen LogP contribution >= 0.6 is 0 Å². The Balaban J connectivity index is 1.58. The molecule has 4 saturated heterocycles. The summed E-state index contributed by atoms with van der Waals surface area (Å²) in [5.41, 5.74) is 0.616. The normalized spacial score (nSPS) is 42.4. The number of likely N-dealkylation sites (N-methyl/N-ethyl adjacent to an activating group) is 1. The Labute approximate surface area is 386 Å². The van der Waals surface area contributed by atoms with E-state index in [1.165, 1.54) is 19.2 Å². The van der Waals surface area contributed by atoms with Gasteiger partial charge in [0.05, 0.1) is 47.6 Å². The molecule has 4 aliphatic rings. The number of nitrogens with one attached hydrogen (secondary N) is 2. The van der Waals surface area contributed by atoms with E-state index in [1.807, 2.05) is 65.7 Å². The van der Waals surface area contributed by atoms with E-state index in [4.69, 9.17) is 37.9 Å². The summed E-state index contributed by atoms with van der Waals surface area (Å²) in [6, 6.07) is 2.06. The summed E-state index contributed by atoms with van der Waals surface area (Å²) in [5, 5.41) is 27.5. The molecule has 1 unspecified atom stereocenters. The highest BCUT2D eigenvalue weighted by Crippen LogP contribution is 2.42. The second-order valence-corrected chi connectivity index (χ2v) is 19.8. The zero-order valence-electron chi connectivity index (χ0n) is 41.1. The monoisotopic (exact) mass is 922 g/mol. The van der Waals surface area contributed by atoms with Gasteiger partial charge in [-0.05, 0) is 112 Å². The molecule has 18 heteroatoms. The number of aliphatic hydroxyl groups excluding tert-OH is 2. The van der Waals surface area contributed by atoms with Gasteiger partial charge in [0, 0.05) is 57.5 Å². The minimum atomic E-state index is -1.43. The summed E-state index contributed by atoms with van der Waals surface area (Å²) in [4.78, 5) is 49.3. The maximum Gasteiger partial charge on any atom is 0.425 e. The number of carbonyl (C=O) groups excluding carboxylic acids is 3. The first-order chi connectivity index (χ1) is 30.5. The van der Waals surface area contributed by atoms with Crippen LogP contribution in [0.4, 0.5) is 4.79 Å². The van der Waals surface area contributed by atoms with Crippen LogP contribution in [0.2, 0.25) is 0 Å². The molecule has 18 nitrogen and oxygen atoms in total. The summed E-state index contributed by atoms with van der Waals surface area (Å²) in [7, 11) is 6.84. The van der Waals surface area contributed by atoms with Crippen molar-refractivity contribution in [3.8, 4) is 0 Å². The molecule has 18 atom stereocenters. The summed E-state index contributed by atoms with van der Waals surface area (Å²) in [6.45, 7) is 18.4. The molecule has 0 bridgehead atoms. The molecular formula is C47H79N5O13. The third-order valence-electron chi connectivity index (χ3n) is 14.6. The van der Waals surface area contributed by atoms with Crippen molar-refractivity contribution in [2.24, 2.45) is 17.8 Å². The van der Waals surface area contributed by atoms with Crippen molar-refractivity contribution in [2.45, 2.75) is 198 Å². The van der Waals surface area contributed by atoms with Crippen molar-refractivity contribution in [1.29, 1.82) is 0 Å². The number of hydrogen-bond acceptors (Lipinski definition) is 16. The Bertz CT molecular complexity index is 1730. The molecule has 0 saturated carbocycles. The molecule has 4 aliphatic heterocycles. The van der Waals surface area contributed by atoms with Crippen molar-refractivity contribution in [1.82, 2.24) is 25.6 Å². The van der Waals surface area contributed by atoms with E-state index in [1.54, 1.807) is 47.0 Å². The van der Waals surface area contributed by atoms with Crippen LogP contribution in [0.15, 0.2) is 24.5 Å². The van der Waals surface area contributed by atoms with Gasteiger partial charge in [0.25, 0.3) is 0 Å². The summed E-state index contributed by atoms with van der Waals surface area (Å²) in [5.74, 6) is -3.40. The first-order valence-corrected chi connectivity index (χ1v) is 23.4. The van der Waals surface area contributed by atoms with E-state index in [0.29, 0.717) is 19.4 Å². The van der Waals surface area contributed by atoms with Crippen LogP contribution in [0.3, 0.4) is 0 Å². The van der Waals surface area contributed by atoms with Gasteiger partial charge in [-0.25, -0.2) is 15.2 Å². The van der Waals surface area contributed by atoms with Gasteiger partial charge in [0.2, 0.25) is 5.91 Å². The Hall–Kier alpha value is -3.04. The highest BCUT2D eigenvalue weighted by molar-refractivity contribution is 5.79. The molecule has 4 N–H and O–H groups in total. The maximum absolute atomic E-state index is 14.9. The molecular weight excluding hydrogens is 843 g/mol. The molecule has 0 spiro atoms. The minimum Gasteiger partial charge on any atom is -0.458 e. The molecule has 5 rings (SSSR count). The number of aromatic nitrogens is 1. The lowest BCUT2D eigenvalue weighted by molar-refractivity contribution is -0.319. The number of rotatable bonds is 13. The standard InChI is InChI=1S/C47H79N5O13/c1-15-34-47(10)38(52(44(57)65-47)49-20-16-17-32-18-21-48-22-19-32)30(6)50-41(55)26(2)24-46(9,59-14)40(64-43-36(53)33(51(11)12)23-27(3)60-43)28(4)37(29(5)42(56)62-34)63-35-25-45(8,58-13)39(54)31(7)61-35/h18-19,21-22,26-31,33-40,43,49,53-54H,15-17,20,23-25H2,1-14H3,(H,50,55)/t26-,27-,28+,29-,30?,31+,33+,34+,35+,36-,37+,38-,39+,40+,43+,45-,46+,47-/m1/s1. The number of ether oxygens (including phenoxy) is 8. The predicted octanol–water partition coefficient (Wildman–Crippen LogP) is 3.74. The first-order valence-electron chi connectivity index (χ1n) is 23.4. The smallest absolute Gasteiger partial charge is 0.425 e. The third kappa shape index (κ3) is 11.6. The van der Waals surface area contributed by atoms with Crippen LogP contribution in [0, 0.1) is 17.8 Å². The molecule has 5 heterocycles. The maximum atomic E-state index is 14.9. The second kappa shape index (κ2) is 21.9. The minimum absolute atomic E-state index is 0.118. The topological polar surface area (TPSA) is 209 Å². The fourth-order valence-corrected chi connectivity index (χ4v) is 10.6. The van der Waals surface area contributed by atoms with Crippen LogP contribution in [-0.4, -0.2) is 168 Å². The van der Waals surface area contributed by atoms with Gasteiger partial charge in [-0.1, -0.05) is 20.8 Å². The van der Waals surface area contributed by atoms with Crippen molar-refractivity contribution in [3.05, 3.63) is 30.1 Å². The van der Waals surface area contributed by atoms with Crippen LogP contribution in [0.1, 0.15) is 107 Å². The van der Waals surface area contributed by atoms with Gasteiger partial charge in [-0.3, -0.25) is 14.6 Å². The van der Waals surface area contributed by atoms with Crippen LogP contribution < -0.4 is 10.7 Å². The van der Waals surface area contributed by atoms with E-state index in [2.05, 4.69) is 15.7 Å². The number of pyridine rings is 1. The third-order valence-corrected chi connectivity index (χ3v) is 14.6. The molecule has 0 aliphatic carbocycles. The highest BCUT2D eigenvalue weighted by Gasteiger charge is 2.60. The quantitative estimate of drug-likeness (QED) is 0.164. The highest BCUT2D eigenvalue weighted by atomic mass is 16.7. The number of methoxy groups -OCH3 is 2. The molecule has 1 aromatic rings. The number of hydrogen-bond donors (Lipinski definition) is 4. The lowest BCUT2D eigenvalue weighted by Crippen LogP contribution is -2.63. The summed E-state index contributed by atoms with van der Waals surface area (Å²) < 4.78 is 51.4. The van der Waals surface area contributed by atoms with E-state index < -0.39 is 108 Å². The second-order valence-electron chi connectivity index (χ2n) is 19.8. The lowest BCUT2D eigenvalue weighted by atomic mass is 9.77.